The third-order valence-electron chi connectivity index (χ3n) is 13.3. The van der Waals surface area contributed by atoms with E-state index in [9.17, 15) is 0 Å². The minimum Gasteiger partial charge on any atom is -0.456 e. The molecule has 2 aliphatic rings. The first-order valence-corrected chi connectivity index (χ1v) is 22.4. The quantitative estimate of drug-likeness (QED) is 0.188. The molecular formula is C58H43NOS. The van der Waals surface area contributed by atoms with Crippen LogP contribution in [-0.2, 0) is 0 Å². The Balaban J connectivity index is 0.908. The smallest absolute Gasteiger partial charge is 0.135 e. The van der Waals surface area contributed by atoms with E-state index < -0.39 is 0 Å². The molecule has 2 nitrogen and oxygen atoms in total. The molecule has 8 aromatic carbocycles. The van der Waals surface area contributed by atoms with Gasteiger partial charge in [0.2, 0.25) is 0 Å². The Bertz CT molecular complexity index is 3370. The van der Waals surface area contributed by atoms with Crippen LogP contribution in [0.15, 0.2) is 199 Å². The van der Waals surface area contributed by atoms with E-state index in [2.05, 4.69) is 200 Å². The Morgan fingerprint density at radius 2 is 1.26 bits per heavy atom. The first-order valence-electron chi connectivity index (χ1n) is 21.5. The summed E-state index contributed by atoms with van der Waals surface area (Å²) in [6, 6.07) is 67.1. The maximum atomic E-state index is 6.33. The number of benzene rings is 8. The lowest BCUT2D eigenvalue weighted by molar-refractivity contribution is 0.584. The van der Waals surface area contributed by atoms with Crippen LogP contribution in [0.25, 0.3) is 75.6 Å². The molecule has 0 saturated carbocycles. The summed E-state index contributed by atoms with van der Waals surface area (Å²) in [6.45, 7) is 2.40. The molecule has 3 atom stereocenters. The fourth-order valence-electron chi connectivity index (χ4n) is 10.3. The number of allylic oxidation sites excluding steroid dienone is 3. The van der Waals surface area contributed by atoms with Gasteiger partial charge in [0, 0.05) is 42.6 Å². The molecular weight excluding hydrogens is 759 g/mol. The summed E-state index contributed by atoms with van der Waals surface area (Å²) in [5, 5.41) is 8.98. The highest BCUT2D eigenvalue weighted by Crippen LogP contribution is 2.51. The number of rotatable bonds is 5. The first-order chi connectivity index (χ1) is 30.1. The molecule has 0 amide bonds. The zero-order valence-electron chi connectivity index (χ0n) is 33.9. The summed E-state index contributed by atoms with van der Waals surface area (Å²) in [5.74, 6) is 0.708. The van der Waals surface area contributed by atoms with E-state index in [1.54, 1.807) is 0 Å². The first kappa shape index (κ1) is 36.0. The summed E-state index contributed by atoms with van der Waals surface area (Å²) in [5.41, 5.74) is 17.4. The summed E-state index contributed by atoms with van der Waals surface area (Å²) in [4.78, 5) is 0. The van der Waals surface area contributed by atoms with Crippen molar-refractivity contribution in [2.75, 3.05) is 0 Å². The molecule has 2 aromatic heterocycles. The molecule has 3 heterocycles. The van der Waals surface area contributed by atoms with Gasteiger partial charge in [-0.05, 0) is 116 Å². The summed E-state index contributed by atoms with van der Waals surface area (Å²) >= 11 is 1.90. The number of hydrogen-bond acceptors (Lipinski definition) is 3. The normalized spacial score (nSPS) is 19.3. The van der Waals surface area contributed by atoms with Gasteiger partial charge in [-0.1, -0.05) is 165 Å². The van der Waals surface area contributed by atoms with Crippen molar-refractivity contribution in [2.45, 2.75) is 37.6 Å². The number of hydrogen-bond donors (Lipinski definition) is 1. The third kappa shape index (κ3) is 6.14. The molecule has 0 spiro atoms. The van der Waals surface area contributed by atoms with Gasteiger partial charge in [0.15, 0.2) is 0 Å². The van der Waals surface area contributed by atoms with Gasteiger partial charge in [0.05, 0.1) is 6.04 Å². The highest BCUT2D eigenvalue weighted by atomic mass is 32.1. The average Bonchev–Trinajstić information content (AvgIpc) is 3.87. The molecule has 61 heavy (non-hydrogen) atoms. The molecule has 1 aliphatic carbocycles. The molecule has 12 rings (SSSR count). The van der Waals surface area contributed by atoms with Gasteiger partial charge in [0.1, 0.15) is 11.2 Å². The lowest BCUT2D eigenvalue weighted by Gasteiger charge is -2.34. The molecule has 0 fully saturated rings. The van der Waals surface area contributed by atoms with Crippen LogP contribution in [0.5, 0.6) is 0 Å². The van der Waals surface area contributed by atoms with Crippen LogP contribution in [0.1, 0.15) is 71.0 Å². The minimum atomic E-state index is 0.128. The minimum absolute atomic E-state index is 0.128. The van der Waals surface area contributed by atoms with Crippen molar-refractivity contribution >= 4 is 64.7 Å². The van der Waals surface area contributed by atoms with E-state index in [0.29, 0.717) is 11.8 Å². The number of thiophene rings is 1. The second kappa shape index (κ2) is 14.7. The van der Waals surface area contributed by atoms with Crippen molar-refractivity contribution in [3.05, 3.63) is 228 Å². The van der Waals surface area contributed by atoms with Crippen molar-refractivity contribution in [2.24, 2.45) is 0 Å². The molecule has 3 heteroatoms. The number of furan rings is 1. The van der Waals surface area contributed by atoms with Gasteiger partial charge in [-0.15, -0.1) is 11.3 Å². The standard InChI is InChI=1S/C58H43NOS/c1-36-43-29-26-39(32-50(43)45-19-8-9-21-48(45)57(36)38-16-6-3-7-17-38)40-27-31-49-56(35-40)61-55-25-13-22-44(58(49)55)41-18-12-23-51(59-52(33-41)37-14-4-2-5-15-37)42-28-30-47-46-20-10-11-24-53(46)60-54(47)34-42/h2-11,13-22,24-36,51,57,59H,12,23H2,1H3/b41-18+,52-33-. The van der Waals surface area contributed by atoms with Crippen molar-refractivity contribution in [1.82, 2.24) is 5.32 Å². The Kier molecular flexibility index (Phi) is 8.64. The van der Waals surface area contributed by atoms with Crippen LogP contribution in [0, 0.1) is 0 Å². The van der Waals surface area contributed by atoms with Gasteiger partial charge in [0.25, 0.3) is 0 Å². The van der Waals surface area contributed by atoms with E-state index in [-0.39, 0.29) is 6.04 Å². The second-order valence-corrected chi connectivity index (χ2v) is 17.9. The van der Waals surface area contributed by atoms with E-state index in [4.69, 9.17) is 4.42 Å². The van der Waals surface area contributed by atoms with Crippen molar-refractivity contribution in [3.8, 4) is 22.3 Å². The van der Waals surface area contributed by atoms with Gasteiger partial charge in [-0.2, -0.15) is 0 Å². The predicted octanol–water partition coefficient (Wildman–Crippen LogP) is 16.1. The number of fused-ring (bicyclic) bond motifs is 9. The maximum absolute atomic E-state index is 6.33. The summed E-state index contributed by atoms with van der Waals surface area (Å²) in [6.07, 6.45) is 6.73. The fraction of sp³-hybridized carbons (Fsp3) is 0.103. The van der Waals surface area contributed by atoms with Crippen LogP contribution >= 0.6 is 11.3 Å². The molecule has 3 unspecified atom stereocenters. The average molecular weight is 802 g/mol. The van der Waals surface area contributed by atoms with Crippen molar-refractivity contribution < 1.29 is 4.42 Å². The zero-order chi connectivity index (χ0) is 40.4. The van der Waals surface area contributed by atoms with E-state index in [1.165, 1.54) is 81.4 Å². The van der Waals surface area contributed by atoms with Crippen LogP contribution < -0.4 is 5.32 Å². The van der Waals surface area contributed by atoms with Crippen LogP contribution in [0.4, 0.5) is 0 Å². The van der Waals surface area contributed by atoms with Gasteiger partial charge >= 0.3 is 0 Å². The molecule has 0 radical (unpaired) electrons. The highest BCUT2D eigenvalue weighted by Gasteiger charge is 2.32. The SMILES string of the molecule is CC1c2ccc(-c3ccc4c(c3)sc3cccc(C5=C/CCC(c6ccc7c(c6)oc6ccccc67)N/C(c6ccccc6)=C\5)c34)cc2-c2ccccc2C1c1ccccc1. The zero-order valence-corrected chi connectivity index (χ0v) is 34.8. The van der Waals surface area contributed by atoms with Crippen LogP contribution in [0.3, 0.4) is 0 Å². The Labute approximate surface area is 360 Å². The Hall–Kier alpha value is -6.94. The Morgan fingerprint density at radius 1 is 0.525 bits per heavy atom. The van der Waals surface area contributed by atoms with Gasteiger partial charge in [-0.3, -0.25) is 0 Å². The lowest BCUT2D eigenvalue weighted by Crippen LogP contribution is -2.21. The highest BCUT2D eigenvalue weighted by molar-refractivity contribution is 7.25. The molecule has 1 aliphatic heterocycles. The molecule has 1 N–H and O–H groups in total. The lowest BCUT2D eigenvalue weighted by atomic mass is 9.69. The fourth-order valence-corrected chi connectivity index (χ4v) is 11.5. The molecule has 0 saturated heterocycles. The number of nitrogens with one attached hydrogen (secondary N) is 1. The largest absolute Gasteiger partial charge is 0.456 e. The molecule has 0 bridgehead atoms. The summed E-state index contributed by atoms with van der Waals surface area (Å²) in [7, 11) is 0. The number of para-hydroxylation sites is 1. The molecule has 292 valence electrons. The van der Waals surface area contributed by atoms with Gasteiger partial charge < -0.3 is 9.73 Å². The maximum Gasteiger partial charge on any atom is 0.135 e. The van der Waals surface area contributed by atoms with Crippen molar-refractivity contribution in [1.29, 1.82) is 0 Å². The second-order valence-electron chi connectivity index (χ2n) is 16.8. The van der Waals surface area contributed by atoms with Gasteiger partial charge in [-0.25, -0.2) is 0 Å². The predicted molar refractivity (Wildman–Crippen MR) is 258 cm³/mol. The van der Waals surface area contributed by atoms with Crippen LogP contribution in [0.2, 0.25) is 0 Å². The van der Waals surface area contributed by atoms with E-state index in [0.717, 1.165) is 40.5 Å². The van der Waals surface area contributed by atoms with E-state index >= 15 is 0 Å². The molecule has 10 aromatic rings. The summed E-state index contributed by atoms with van der Waals surface area (Å²) < 4.78 is 8.96. The van der Waals surface area contributed by atoms with E-state index in [1.807, 2.05) is 17.4 Å². The monoisotopic (exact) mass is 801 g/mol. The van der Waals surface area contributed by atoms with Crippen LogP contribution in [-0.4, -0.2) is 0 Å². The topological polar surface area (TPSA) is 25.2 Å². The third-order valence-corrected chi connectivity index (χ3v) is 14.4. The van der Waals surface area contributed by atoms with Crippen molar-refractivity contribution in [3.63, 3.8) is 0 Å². The Morgan fingerprint density at radius 3 is 2.16 bits per heavy atom.